The van der Waals surface area contributed by atoms with Gasteiger partial charge in [-0.1, -0.05) is 0 Å². The molecule has 2 aromatic heterocycles. The number of hydrogen-bond acceptors (Lipinski definition) is 5. The van der Waals surface area contributed by atoms with Crippen molar-refractivity contribution in [2.24, 2.45) is 0 Å². The predicted molar refractivity (Wildman–Crippen MR) is 88.5 cm³/mol. The molecule has 0 atom stereocenters. The van der Waals surface area contributed by atoms with Crippen LogP contribution in [0.2, 0.25) is 0 Å². The first kappa shape index (κ1) is 15.7. The third-order valence-electron chi connectivity index (χ3n) is 3.65. The lowest BCUT2D eigenvalue weighted by molar-refractivity contribution is 0.0518. The van der Waals surface area contributed by atoms with Crippen LogP contribution in [0.3, 0.4) is 0 Å². The van der Waals surface area contributed by atoms with Gasteiger partial charge in [0.2, 0.25) is 0 Å². The number of pyridine rings is 1. The lowest BCUT2D eigenvalue weighted by atomic mass is 10.0. The Kier molecular flexibility index (Phi) is 4.29. The zero-order valence-electron chi connectivity index (χ0n) is 13.3. The van der Waals surface area contributed by atoms with Crippen LogP contribution in [-0.4, -0.2) is 35.4 Å². The molecule has 0 aliphatic heterocycles. The van der Waals surface area contributed by atoms with Crippen molar-refractivity contribution in [3.8, 4) is 5.75 Å². The highest BCUT2D eigenvalue weighted by Gasteiger charge is 2.25. The maximum absolute atomic E-state index is 13.0. The third-order valence-corrected chi connectivity index (χ3v) is 3.65. The van der Waals surface area contributed by atoms with Crippen molar-refractivity contribution in [3.05, 3.63) is 59.5 Å². The summed E-state index contributed by atoms with van der Waals surface area (Å²) in [4.78, 5) is 32.1. The second kappa shape index (κ2) is 6.54. The van der Waals surface area contributed by atoms with Crippen LogP contribution in [0.25, 0.3) is 10.9 Å². The number of hydrogen-bond donors (Lipinski definition) is 1. The van der Waals surface area contributed by atoms with Gasteiger partial charge in [-0.15, -0.1) is 0 Å². The van der Waals surface area contributed by atoms with Crippen LogP contribution >= 0.6 is 0 Å². The first-order valence-corrected chi connectivity index (χ1v) is 7.47. The van der Waals surface area contributed by atoms with Gasteiger partial charge in [0.1, 0.15) is 11.4 Å². The molecule has 6 heteroatoms. The van der Waals surface area contributed by atoms with Crippen LogP contribution in [0.1, 0.15) is 33.3 Å². The van der Waals surface area contributed by atoms with Gasteiger partial charge in [-0.25, -0.2) is 4.79 Å². The average molecular weight is 324 g/mol. The number of H-pyrrole nitrogens is 1. The van der Waals surface area contributed by atoms with Gasteiger partial charge in [0.05, 0.1) is 19.3 Å². The Labute approximate surface area is 138 Å². The Morgan fingerprint density at radius 2 is 1.92 bits per heavy atom. The Morgan fingerprint density at radius 3 is 2.58 bits per heavy atom. The van der Waals surface area contributed by atoms with Gasteiger partial charge in [0.15, 0.2) is 5.78 Å². The van der Waals surface area contributed by atoms with Crippen molar-refractivity contribution in [1.82, 2.24) is 9.97 Å². The number of rotatable bonds is 5. The number of carbonyl (C=O) groups is 2. The minimum atomic E-state index is -0.565. The van der Waals surface area contributed by atoms with Crippen molar-refractivity contribution < 1.29 is 19.1 Å². The molecule has 3 rings (SSSR count). The zero-order valence-corrected chi connectivity index (χ0v) is 13.3. The average Bonchev–Trinajstić information content (AvgIpc) is 3.00. The molecule has 0 aliphatic carbocycles. The molecule has 0 bridgehead atoms. The summed E-state index contributed by atoms with van der Waals surface area (Å²) in [6, 6.07) is 8.46. The van der Waals surface area contributed by atoms with Gasteiger partial charge in [-0.3, -0.25) is 9.78 Å². The number of fused-ring (bicyclic) bond motifs is 1. The molecular formula is C18H16N2O4. The first-order chi connectivity index (χ1) is 11.7. The number of nitrogens with one attached hydrogen (secondary N) is 1. The molecule has 0 radical (unpaired) electrons. The Balaban J connectivity index is 2.23. The van der Waals surface area contributed by atoms with Gasteiger partial charge in [-0.2, -0.15) is 0 Å². The molecule has 2 heterocycles. The number of nitrogens with zero attached hydrogens (tertiary/aromatic N) is 1. The zero-order chi connectivity index (χ0) is 17.1. The van der Waals surface area contributed by atoms with Crippen molar-refractivity contribution in [2.45, 2.75) is 6.92 Å². The molecule has 0 saturated heterocycles. The summed E-state index contributed by atoms with van der Waals surface area (Å²) in [5, 5.41) is 0.610. The normalized spacial score (nSPS) is 10.6. The number of ketones is 1. The molecule has 0 fully saturated rings. The predicted octanol–water partition coefficient (Wildman–Crippen LogP) is 2.98. The molecule has 0 aliphatic rings. The Morgan fingerprint density at radius 1 is 1.17 bits per heavy atom. The van der Waals surface area contributed by atoms with E-state index in [-0.39, 0.29) is 23.6 Å². The van der Waals surface area contributed by atoms with E-state index < -0.39 is 5.97 Å². The molecule has 24 heavy (non-hydrogen) atoms. The highest BCUT2D eigenvalue weighted by atomic mass is 16.5. The van der Waals surface area contributed by atoms with Crippen LogP contribution in [0.5, 0.6) is 5.75 Å². The van der Waals surface area contributed by atoms with E-state index in [1.807, 2.05) is 0 Å². The summed E-state index contributed by atoms with van der Waals surface area (Å²) in [7, 11) is 1.55. The minimum absolute atomic E-state index is 0.141. The summed E-state index contributed by atoms with van der Waals surface area (Å²) in [5.41, 5.74) is 1.52. The molecule has 1 N–H and O–H groups in total. The summed E-state index contributed by atoms with van der Waals surface area (Å²) < 4.78 is 10.3. The van der Waals surface area contributed by atoms with Gasteiger partial charge >= 0.3 is 5.97 Å². The maximum atomic E-state index is 13.0. The van der Waals surface area contributed by atoms with Gasteiger partial charge in [-0.05, 0) is 37.3 Å². The van der Waals surface area contributed by atoms with E-state index in [9.17, 15) is 9.59 Å². The number of aromatic nitrogens is 2. The topological polar surface area (TPSA) is 81.3 Å². The molecular weight excluding hydrogens is 308 g/mol. The smallest absolute Gasteiger partial charge is 0.355 e. The lowest BCUT2D eigenvalue weighted by Crippen LogP contribution is -2.12. The highest BCUT2D eigenvalue weighted by Crippen LogP contribution is 2.29. The second-order valence-electron chi connectivity index (χ2n) is 5.07. The van der Waals surface area contributed by atoms with Crippen molar-refractivity contribution >= 4 is 22.7 Å². The van der Waals surface area contributed by atoms with E-state index in [0.29, 0.717) is 22.2 Å². The quantitative estimate of drug-likeness (QED) is 0.576. The molecule has 0 unspecified atom stereocenters. The van der Waals surface area contributed by atoms with E-state index in [1.54, 1.807) is 44.4 Å². The van der Waals surface area contributed by atoms with Gasteiger partial charge < -0.3 is 14.5 Å². The van der Waals surface area contributed by atoms with Crippen LogP contribution < -0.4 is 4.74 Å². The fourth-order valence-corrected chi connectivity index (χ4v) is 2.54. The molecule has 0 spiro atoms. The van der Waals surface area contributed by atoms with Crippen molar-refractivity contribution in [3.63, 3.8) is 0 Å². The van der Waals surface area contributed by atoms with E-state index in [0.717, 1.165) is 0 Å². The van der Waals surface area contributed by atoms with E-state index >= 15 is 0 Å². The maximum Gasteiger partial charge on any atom is 0.355 e. The number of aromatic amines is 1. The molecule has 122 valence electrons. The fraction of sp³-hybridized carbons (Fsp3) is 0.167. The fourth-order valence-electron chi connectivity index (χ4n) is 2.54. The monoisotopic (exact) mass is 324 g/mol. The van der Waals surface area contributed by atoms with Crippen LogP contribution in [-0.2, 0) is 4.74 Å². The van der Waals surface area contributed by atoms with Crippen LogP contribution in [0, 0.1) is 0 Å². The minimum Gasteiger partial charge on any atom is -0.497 e. The van der Waals surface area contributed by atoms with Crippen LogP contribution in [0.15, 0.2) is 42.7 Å². The van der Waals surface area contributed by atoms with Crippen molar-refractivity contribution in [1.29, 1.82) is 0 Å². The van der Waals surface area contributed by atoms with Crippen LogP contribution in [0.4, 0.5) is 0 Å². The molecule has 1 aromatic carbocycles. The molecule has 3 aromatic rings. The number of carbonyl (C=O) groups excluding carboxylic acids is 2. The largest absolute Gasteiger partial charge is 0.497 e. The number of esters is 1. The highest BCUT2D eigenvalue weighted by molar-refractivity contribution is 6.21. The molecule has 0 amide bonds. The number of ether oxygens (including phenoxy) is 2. The Bertz CT molecular complexity index is 900. The van der Waals surface area contributed by atoms with E-state index in [4.69, 9.17) is 9.47 Å². The SMILES string of the molecule is CCOC(=O)c1[nH]c2ccc(OC)cc2c1C(=O)c1ccncc1. The van der Waals surface area contributed by atoms with E-state index in [2.05, 4.69) is 9.97 Å². The molecule has 6 nitrogen and oxygen atoms in total. The van der Waals surface area contributed by atoms with Gasteiger partial charge in [0, 0.05) is 28.9 Å². The summed E-state index contributed by atoms with van der Waals surface area (Å²) >= 11 is 0. The summed E-state index contributed by atoms with van der Waals surface area (Å²) in [6.07, 6.45) is 3.07. The van der Waals surface area contributed by atoms with Gasteiger partial charge in [0.25, 0.3) is 0 Å². The first-order valence-electron chi connectivity index (χ1n) is 7.47. The third kappa shape index (κ3) is 2.74. The molecule has 0 saturated carbocycles. The number of methoxy groups -OCH3 is 1. The lowest BCUT2D eigenvalue weighted by Gasteiger charge is -2.05. The Hall–Kier alpha value is -3.15. The standard InChI is InChI=1S/C18H16N2O4/c1-3-24-18(22)16-15(17(21)11-6-8-19-9-7-11)13-10-12(23-2)4-5-14(13)20-16/h4-10,20H,3H2,1-2H3. The number of benzene rings is 1. The second-order valence-corrected chi connectivity index (χ2v) is 5.07. The summed E-state index contributed by atoms with van der Waals surface area (Å²) in [5.74, 6) is -0.245. The van der Waals surface area contributed by atoms with E-state index in [1.165, 1.54) is 12.4 Å². The van der Waals surface area contributed by atoms with Crippen molar-refractivity contribution in [2.75, 3.05) is 13.7 Å². The summed E-state index contributed by atoms with van der Waals surface area (Å²) in [6.45, 7) is 1.94.